The molecule has 1 aromatic carbocycles. The summed E-state index contributed by atoms with van der Waals surface area (Å²) in [6.07, 6.45) is 0. The zero-order valence-corrected chi connectivity index (χ0v) is 6.62. The standard InChI is InChI=1S/C7H10O2P/c1-10(8,9)7-5-3-2-4-6-7/h2-6,8-9H,1H3/q+1. The van der Waals surface area contributed by atoms with Gasteiger partial charge in [-0.25, -0.2) is 9.79 Å². The highest BCUT2D eigenvalue weighted by Crippen LogP contribution is 2.43. The van der Waals surface area contributed by atoms with E-state index in [-0.39, 0.29) is 0 Å². The van der Waals surface area contributed by atoms with Gasteiger partial charge < -0.3 is 0 Å². The molecule has 2 N–H and O–H groups in total. The zero-order chi connectivity index (χ0) is 7.61. The van der Waals surface area contributed by atoms with E-state index in [1.165, 1.54) is 6.66 Å². The van der Waals surface area contributed by atoms with Crippen LogP contribution in [0.1, 0.15) is 0 Å². The first kappa shape index (κ1) is 7.67. The molecule has 0 unspecified atom stereocenters. The fraction of sp³-hybridized carbons (Fsp3) is 0.143. The highest BCUT2D eigenvalue weighted by molar-refractivity contribution is 7.71. The fourth-order valence-corrected chi connectivity index (χ4v) is 1.45. The molecule has 10 heavy (non-hydrogen) atoms. The second-order valence-electron chi connectivity index (χ2n) is 2.25. The van der Waals surface area contributed by atoms with Crippen molar-refractivity contribution in [1.82, 2.24) is 0 Å². The predicted molar refractivity (Wildman–Crippen MR) is 43.4 cm³/mol. The van der Waals surface area contributed by atoms with Crippen LogP contribution in [0.3, 0.4) is 0 Å². The van der Waals surface area contributed by atoms with E-state index in [1.54, 1.807) is 24.3 Å². The lowest BCUT2D eigenvalue weighted by molar-refractivity contribution is 0.473. The van der Waals surface area contributed by atoms with Crippen molar-refractivity contribution in [3.05, 3.63) is 30.3 Å². The molecule has 3 heteroatoms. The van der Waals surface area contributed by atoms with Gasteiger partial charge in [-0.15, -0.1) is 0 Å². The van der Waals surface area contributed by atoms with Crippen LogP contribution in [0.4, 0.5) is 0 Å². The molecule has 1 aromatic rings. The minimum atomic E-state index is -2.77. The van der Waals surface area contributed by atoms with Crippen LogP contribution in [-0.2, 0) is 0 Å². The smallest absolute Gasteiger partial charge is 0.215 e. The molecule has 2 nitrogen and oxygen atoms in total. The van der Waals surface area contributed by atoms with Crippen LogP contribution in [-0.4, -0.2) is 16.5 Å². The molecule has 0 aliphatic rings. The second kappa shape index (κ2) is 2.67. The van der Waals surface area contributed by atoms with Gasteiger partial charge in [0.1, 0.15) is 6.66 Å². The quantitative estimate of drug-likeness (QED) is 0.591. The number of hydrogen-bond acceptors (Lipinski definition) is 2. The maximum Gasteiger partial charge on any atom is 0.296 e. The predicted octanol–water partition coefficient (Wildman–Crippen LogP) is 0.774. The van der Waals surface area contributed by atoms with Gasteiger partial charge in [0, 0.05) is 0 Å². The normalized spacial score (nSPS) is 11.5. The Hall–Kier alpha value is -0.430. The summed E-state index contributed by atoms with van der Waals surface area (Å²) in [5.41, 5.74) is 0. The van der Waals surface area contributed by atoms with Crippen LogP contribution in [0.25, 0.3) is 0 Å². The van der Waals surface area contributed by atoms with E-state index in [1.807, 2.05) is 6.07 Å². The molecule has 0 bridgehead atoms. The third kappa shape index (κ3) is 1.77. The Kier molecular flexibility index (Phi) is 2.05. The fourth-order valence-electron chi connectivity index (χ4n) is 0.710. The lowest BCUT2D eigenvalue weighted by Gasteiger charge is -2.03. The highest BCUT2D eigenvalue weighted by atomic mass is 31.2. The van der Waals surface area contributed by atoms with E-state index in [4.69, 9.17) is 9.79 Å². The summed E-state index contributed by atoms with van der Waals surface area (Å²) >= 11 is 0. The number of hydrogen-bond donors (Lipinski definition) is 2. The second-order valence-corrected chi connectivity index (χ2v) is 4.59. The molecule has 0 aliphatic carbocycles. The summed E-state index contributed by atoms with van der Waals surface area (Å²) in [4.78, 5) is 18.3. The highest BCUT2D eigenvalue weighted by Gasteiger charge is 2.27. The van der Waals surface area contributed by atoms with Crippen molar-refractivity contribution in [3.63, 3.8) is 0 Å². The first-order chi connectivity index (χ1) is 4.61. The monoisotopic (exact) mass is 157 g/mol. The molecule has 0 aliphatic heterocycles. The van der Waals surface area contributed by atoms with Gasteiger partial charge in [0.2, 0.25) is 0 Å². The van der Waals surface area contributed by atoms with Crippen molar-refractivity contribution < 1.29 is 9.79 Å². The Balaban J connectivity index is 2.97. The Morgan fingerprint density at radius 1 is 1.10 bits per heavy atom. The molecule has 0 spiro atoms. The van der Waals surface area contributed by atoms with E-state index < -0.39 is 7.72 Å². The molecule has 0 saturated carbocycles. The molecule has 1 rings (SSSR count). The van der Waals surface area contributed by atoms with E-state index in [2.05, 4.69) is 0 Å². The van der Waals surface area contributed by atoms with Crippen molar-refractivity contribution in [2.24, 2.45) is 0 Å². The lowest BCUT2D eigenvalue weighted by atomic mass is 10.4. The minimum absolute atomic E-state index is 0.620. The van der Waals surface area contributed by atoms with Gasteiger partial charge in [-0.1, -0.05) is 18.2 Å². The summed E-state index contributed by atoms with van der Waals surface area (Å²) in [6, 6.07) is 8.86. The van der Waals surface area contributed by atoms with Crippen molar-refractivity contribution >= 4 is 13.0 Å². The maximum atomic E-state index is 9.16. The van der Waals surface area contributed by atoms with Crippen LogP contribution >= 0.6 is 7.72 Å². The van der Waals surface area contributed by atoms with E-state index in [9.17, 15) is 0 Å². The summed E-state index contributed by atoms with van der Waals surface area (Å²) in [7, 11) is -2.77. The molecular formula is C7H10O2P+. The molecule has 54 valence electrons. The van der Waals surface area contributed by atoms with Gasteiger partial charge in [-0.3, -0.25) is 0 Å². The summed E-state index contributed by atoms with van der Waals surface area (Å²) in [6.45, 7) is 1.45. The van der Waals surface area contributed by atoms with Gasteiger partial charge >= 0.3 is 0 Å². The number of benzene rings is 1. The summed E-state index contributed by atoms with van der Waals surface area (Å²) < 4.78 is 0. The molecule has 0 saturated heterocycles. The van der Waals surface area contributed by atoms with Crippen LogP contribution in [0.5, 0.6) is 0 Å². The third-order valence-electron chi connectivity index (χ3n) is 1.25. The van der Waals surface area contributed by atoms with Crippen LogP contribution < -0.4 is 5.30 Å². The third-order valence-corrected chi connectivity index (χ3v) is 2.52. The Bertz CT molecular complexity index is 203. The summed E-state index contributed by atoms with van der Waals surface area (Å²) in [5, 5.41) is 0.620. The minimum Gasteiger partial charge on any atom is -0.215 e. The molecule has 0 aromatic heterocycles. The van der Waals surface area contributed by atoms with Gasteiger partial charge in [-0.2, -0.15) is 0 Å². The van der Waals surface area contributed by atoms with E-state index in [0.717, 1.165) is 0 Å². The Morgan fingerprint density at radius 3 is 1.90 bits per heavy atom. The molecule has 0 atom stereocenters. The topological polar surface area (TPSA) is 40.5 Å². The van der Waals surface area contributed by atoms with Gasteiger partial charge in [0.05, 0.1) is 0 Å². The van der Waals surface area contributed by atoms with E-state index >= 15 is 0 Å². The first-order valence-electron chi connectivity index (χ1n) is 2.98. The number of rotatable bonds is 1. The largest absolute Gasteiger partial charge is 0.296 e. The average molecular weight is 157 g/mol. The van der Waals surface area contributed by atoms with Crippen molar-refractivity contribution in [2.75, 3.05) is 6.66 Å². The average Bonchev–Trinajstić information content (AvgIpc) is 1.88. The molecule has 0 fully saturated rings. The lowest BCUT2D eigenvalue weighted by Crippen LogP contribution is -2.07. The molecule has 0 heterocycles. The van der Waals surface area contributed by atoms with Crippen molar-refractivity contribution in [1.29, 1.82) is 0 Å². The molecular weight excluding hydrogens is 147 g/mol. The summed E-state index contributed by atoms with van der Waals surface area (Å²) in [5.74, 6) is 0. The van der Waals surface area contributed by atoms with Crippen LogP contribution in [0.15, 0.2) is 30.3 Å². The Morgan fingerprint density at radius 2 is 1.60 bits per heavy atom. The van der Waals surface area contributed by atoms with Crippen molar-refractivity contribution in [2.45, 2.75) is 0 Å². The van der Waals surface area contributed by atoms with E-state index in [0.29, 0.717) is 5.30 Å². The van der Waals surface area contributed by atoms with Gasteiger partial charge in [-0.05, 0) is 12.1 Å². The van der Waals surface area contributed by atoms with Crippen LogP contribution in [0, 0.1) is 0 Å². The SMILES string of the molecule is C[P+](O)(O)c1ccccc1. The zero-order valence-electron chi connectivity index (χ0n) is 5.73. The molecule has 0 radical (unpaired) electrons. The molecule has 0 amide bonds. The Labute approximate surface area is 60.6 Å². The first-order valence-corrected chi connectivity index (χ1v) is 5.12. The van der Waals surface area contributed by atoms with Crippen molar-refractivity contribution in [3.8, 4) is 0 Å². The van der Waals surface area contributed by atoms with Gasteiger partial charge in [0.15, 0.2) is 5.30 Å². The van der Waals surface area contributed by atoms with Gasteiger partial charge in [0.25, 0.3) is 7.72 Å². The van der Waals surface area contributed by atoms with Crippen LogP contribution in [0.2, 0.25) is 0 Å². The maximum absolute atomic E-state index is 9.16.